The van der Waals surface area contributed by atoms with Crippen molar-refractivity contribution in [3.63, 3.8) is 0 Å². The predicted octanol–water partition coefficient (Wildman–Crippen LogP) is 4.56. The zero-order valence-electron chi connectivity index (χ0n) is 16.7. The van der Waals surface area contributed by atoms with Crippen molar-refractivity contribution in [1.82, 2.24) is 9.55 Å². The minimum Gasteiger partial charge on any atom is -0.300 e. The molecule has 0 amide bonds. The van der Waals surface area contributed by atoms with Crippen molar-refractivity contribution in [3.8, 4) is 17.2 Å². The van der Waals surface area contributed by atoms with Crippen LogP contribution in [0, 0.1) is 18.3 Å². The van der Waals surface area contributed by atoms with Crippen LogP contribution in [0.15, 0.2) is 53.3 Å². The highest BCUT2D eigenvalue weighted by molar-refractivity contribution is 5.70. The maximum atomic E-state index is 12.8. The van der Waals surface area contributed by atoms with Crippen molar-refractivity contribution in [3.05, 3.63) is 87.1 Å². The van der Waals surface area contributed by atoms with Crippen molar-refractivity contribution >= 4 is 0 Å². The van der Waals surface area contributed by atoms with E-state index in [1.807, 2.05) is 55.5 Å². The number of rotatable bonds is 6. The van der Waals surface area contributed by atoms with Gasteiger partial charge in [0.25, 0.3) is 5.56 Å². The molecule has 0 atom stereocenters. The molecule has 0 saturated carbocycles. The third-order valence-electron chi connectivity index (χ3n) is 5.15. The molecule has 4 nitrogen and oxygen atoms in total. The summed E-state index contributed by atoms with van der Waals surface area (Å²) in [5, 5.41) is 9.32. The number of aromatic nitrogens is 2. The first-order valence-corrected chi connectivity index (χ1v) is 9.69. The fraction of sp³-hybridized carbons (Fsp3) is 0.292. The molecule has 4 heteroatoms. The van der Waals surface area contributed by atoms with Crippen LogP contribution in [0.4, 0.5) is 0 Å². The standard InChI is InChI=1S/C24H25N3O/c1-4-5-10-23-22(24(28)27(3)17(2)26-23)15-18-11-13-19(14-12-18)21-9-7-6-8-20(21)16-25/h6-9,11-14H,4-5,10,15H2,1-3H3. The summed E-state index contributed by atoms with van der Waals surface area (Å²) >= 11 is 0. The van der Waals surface area contributed by atoms with E-state index in [-0.39, 0.29) is 5.56 Å². The van der Waals surface area contributed by atoms with Gasteiger partial charge in [0.2, 0.25) is 0 Å². The number of nitriles is 1. The van der Waals surface area contributed by atoms with Crippen LogP contribution in [0.1, 0.15) is 48.0 Å². The van der Waals surface area contributed by atoms with Crippen LogP contribution in [0.2, 0.25) is 0 Å². The largest absolute Gasteiger partial charge is 0.300 e. The van der Waals surface area contributed by atoms with Crippen LogP contribution in [-0.4, -0.2) is 9.55 Å². The van der Waals surface area contributed by atoms with Gasteiger partial charge in [0.15, 0.2) is 0 Å². The second-order valence-electron chi connectivity index (χ2n) is 7.08. The molecule has 3 aromatic rings. The molecule has 142 valence electrons. The molecule has 0 unspecified atom stereocenters. The van der Waals surface area contributed by atoms with Crippen molar-refractivity contribution in [1.29, 1.82) is 5.26 Å². The molecule has 0 aliphatic rings. The van der Waals surface area contributed by atoms with E-state index in [0.29, 0.717) is 12.0 Å². The monoisotopic (exact) mass is 371 g/mol. The van der Waals surface area contributed by atoms with Crippen LogP contribution >= 0.6 is 0 Å². The lowest BCUT2D eigenvalue weighted by Crippen LogP contribution is -2.27. The lowest BCUT2D eigenvalue weighted by Gasteiger charge is -2.13. The first kappa shape index (κ1) is 19.6. The lowest BCUT2D eigenvalue weighted by molar-refractivity contribution is 0.703. The molecule has 28 heavy (non-hydrogen) atoms. The molecule has 1 aromatic heterocycles. The van der Waals surface area contributed by atoms with Gasteiger partial charge in [-0.1, -0.05) is 55.8 Å². The highest BCUT2D eigenvalue weighted by Crippen LogP contribution is 2.24. The third kappa shape index (κ3) is 4.04. The van der Waals surface area contributed by atoms with Gasteiger partial charge >= 0.3 is 0 Å². The number of hydrogen-bond acceptors (Lipinski definition) is 3. The average Bonchev–Trinajstić information content (AvgIpc) is 2.73. The number of benzene rings is 2. The molecule has 2 aromatic carbocycles. The van der Waals surface area contributed by atoms with E-state index in [9.17, 15) is 10.1 Å². The van der Waals surface area contributed by atoms with Crippen LogP contribution < -0.4 is 5.56 Å². The van der Waals surface area contributed by atoms with Crippen molar-refractivity contribution in [2.45, 2.75) is 39.5 Å². The number of hydrogen-bond donors (Lipinski definition) is 0. The molecule has 0 spiro atoms. The van der Waals surface area contributed by atoms with Gasteiger partial charge < -0.3 is 0 Å². The molecule has 0 N–H and O–H groups in total. The Balaban J connectivity index is 1.94. The van der Waals surface area contributed by atoms with Crippen LogP contribution in [0.25, 0.3) is 11.1 Å². The van der Waals surface area contributed by atoms with Gasteiger partial charge in [-0.25, -0.2) is 4.98 Å². The molecular formula is C24H25N3O. The maximum Gasteiger partial charge on any atom is 0.257 e. The Morgan fingerprint density at radius 2 is 1.82 bits per heavy atom. The van der Waals surface area contributed by atoms with E-state index < -0.39 is 0 Å². The zero-order chi connectivity index (χ0) is 20.1. The summed E-state index contributed by atoms with van der Waals surface area (Å²) in [4.78, 5) is 17.5. The Bertz CT molecular complexity index is 1070. The second-order valence-corrected chi connectivity index (χ2v) is 7.08. The molecule has 0 fully saturated rings. The van der Waals surface area contributed by atoms with Crippen molar-refractivity contribution in [2.24, 2.45) is 7.05 Å². The minimum absolute atomic E-state index is 0.0394. The van der Waals surface area contributed by atoms with Gasteiger partial charge in [0, 0.05) is 19.0 Å². The topological polar surface area (TPSA) is 58.7 Å². The van der Waals surface area contributed by atoms with Gasteiger partial charge in [-0.05, 0) is 42.5 Å². The summed E-state index contributed by atoms with van der Waals surface area (Å²) in [5.74, 6) is 0.753. The van der Waals surface area contributed by atoms with Gasteiger partial charge in [-0.15, -0.1) is 0 Å². The Morgan fingerprint density at radius 1 is 1.11 bits per heavy atom. The second kappa shape index (κ2) is 8.67. The first-order chi connectivity index (χ1) is 13.5. The molecule has 0 aliphatic heterocycles. The van der Waals surface area contributed by atoms with Crippen molar-refractivity contribution < 1.29 is 0 Å². The van der Waals surface area contributed by atoms with Gasteiger partial charge in [0.05, 0.1) is 17.3 Å². The van der Waals surface area contributed by atoms with E-state index >= 15 is 0 Å². The predicted molar refractivity (Wildman–Crippen MR) is 112 cm³/mol. The Labute approximate surface area is 166 Å². The molecule has 0 saturated heterocycles. The fourth-order valence-electron chi connectivity index (χ4n) is 3.38. The molecule has 0 aliphatic carbocycles. The zero-order valence-corrected chi connectivity index (χ0v) is 16.7. The van der Waals surface area contributed by atoms with Gasteiger partial charge in [0.1, 0.15) is 5.82 Å². The van der Waals surface area contributed by atoms with E-state index in [1.165, 1.54) is 0 Å². The average molecular weight is 371 g/mol. The van der Waals surface area contributed by atoms with Crippen LogP contribution in [-0.2, 0) is 19.9 Å². The third-order valence-corrected chi connectivity index (χ3v) is 5.15. The molecular weight excluding hydrogens is 346 g/mol. The van der Waals surface area contributed by atoms with E-state index in [2.05, 4.69) is 18.0 Å². The van der Waals surface area contributed by atoms with Crippen LogP contribution in [0.3, 0.4) is 0 Å². The number of aryl methyl sites for hydroxylation is 2. The van der Waals surface area contributed by atoms with Gasteiger partial charge in [-0.2, -0.15) is 5.26 Å². The molecule has 1 heterocycles. The summed E-state index contributed by atoms with van der Waals surface area (Å²) in [6.07, 6.45) is 3.49. The summed E-state index contributed by atoms with van der Waals surface area (Å²) in [5.41, 5.74) is 5.40. The highest BCUT2D eigenvalue weighted by atomic mass is 16.1. The quantitative estimate of drug-likeness (QED) is 0.638. The smallest absolute Gasteiger partial charge is 0.257 e. The summed E-state index contributed by atoms with van der Waals surface area (Å²) in [7, 11) is 1.78. The molecule has 3 rings (SSSR count). The fourth-order valence-corrected chi connectivity index (χ4v) is 3.38. The first-order valence-electron chi connectivity index (χ1n) is 9.69. The Morgan fingerprint density at radius 3 is 2.50 bits per heavy atom. The Kier molecular flexibility index (Phi) is 6.06. The summed E-state index contributed by atoms with van der Waals surface area (Å²) in [6.45, 7) is 4.02. The van der Waals surface area contributed by atoms with E-state index in [4.69, 9.17) is 0 Å². The maximum absolute atomic E-state index is 12.8. The lowest BCUT2D eigenvalue weighted by atomic mass is 9.97. The minimum atomic E-state index is 0.0394. The summed E-state index contributed by atoms with van der Waals surface area (Å²) < 4.78 is 1.63. The van der Waals surface area contributed by atoms with E-state index in [0.717, 1.165) is 53.0 Å². The van der Waals surface area contributed by atoms with E-state index in [1.54, 1.807) is 11.6 Å². The molecule has 0 bridgehead atoms. The molecule has 0 radical (unpaired) electrons. The Hall–Kier alpha value is -3.19. The highest BCUT2D eigenvalue weighted by Gasteiger charge is 2.13. The number of nitrogens with zero attached hydrogens (tertiary/aromatic N) is 3. The van der Waals surface area contributed by atoms with Crippen LogP contribution in [0.5, 0.6) is 0 Å². The SMILES string of the molecule is CCCCc1nc(C)n(C)c(=O)c1Cc1ccc(-c2ccccc2C#N)cc1. The van der Waals surface area contributed by atoms with Gasteiger partial charge in [-0.3, -0.25) is 9.36 Å². The summed E-state index contributed by atoms with van der Waals surface area (Å²) in [6, 6.07) is 17.9. The normalized spacial score (nSPS) is 10.6. The van der Waals surface area contributed by atoms with Crippen molar-refractivity contribution in [2.75, 3.05) is 0 Å². The number of unbranched alkanes of at least 4 members (excludes halogenated alkanes) is 1.